The summed E-state index contributed by atoms with van der Waals surface area (Å²) < 4.78 is 24.8. The van der Waals surface area contributed by atoms with E-state index in [-0.39, 0.29) is 42.0 Å². The number of hydrogen-bond acceptors (Lipinski definition) is 7. The molecule has 2 aliphatic rings. The number of nitrogens with one attached hydrogen (secondary N) is 1. The first-order valence-electron chi connectivity index (χ1n) is 15.0. The monoisotopic (exact) mass is 595 g/mol. The maximum Gasteiger partial charge on any atom is 0.255 e. The zero-order valence-corrected chi connectivity index (χ0v) is 24.6. The molecule has 0 atom stereocenters. The lowest BCUT2D eigenvalue weighted by Gasteiger charge is -2.15. The number of rotatable bonds is 12. The Labute approximate surface area is 255 Å². The van der Waals surface area contributed by atoms with Crippen LogP contribution in [0.5, 0.6) is 17.4 Å². The highest BCUT2D eigenvalue weighted by Gasteiger charge is 2.54. The van der Waals surface area contributed by atoms with Gasteiger partial charge in [-0.3, -0.25) is 14.4 Å². The Morgan fingerprint density at radius 3 is 2.16 bits per heavy atom. The number of amides is 1. The third-order valence-corrected chi connectivity index (χ3v) is 8.79. The molecule has 8 nitrogen and oxygen atoms in total. The minimum absolute atomic E-state index is 0.104. The van der Waals surface area contributed by atoms with Crippen molar-refractivity contribution >= 4 is 28.4 Å². The number of ketones is 2. The molecule has 2 saturated carbocycles. The van der Waals surface area contributed by atoms with E-state index in [9.17, 15) is 18.8 Å². The topological polar surface area (TPSA) is 107 Å². The van der Waals surface area contributed by atoms with Crippen LogP contribution in [-0.4, -0.2) is 41.1 Å². The van der Waals surface area contributed by atoms with E-state index in [0.29, 0.717) is 58.8 Å². The number of halogens is 1. The Bertz CT molecular complexity index is 1690. The molecule has 6 rings (SSSR count). The molecule has 4 aromatic rings. The van der Waals surface area contributed by atoms with Gasteiger partial charge in [0, 0.05) is 25.5 Å². The fraction of sp³-hybridized carbons (Fsp3) is 0.343. The number of nitrogens with zero attached hydrogens (tertiary/aromatic N) is 2. The first kappa shape index (κ1) is 29.4. The van der Waals surface area contributed by atoms with Gasteiger partial charge in [0.25, 0.3) is 5.91 Å². The molecule has 1 amide bonds. The smallest absolute Gasteiger partial charge is 0.255 e. The lowest BCUT2D eigenvalue weighted by atomic mass is 9.88. The van der Waals surface area contributed by atoms with Crippen molar-refractivity contribution in [1.82, 2.24) is 15.3 Å². The Morgan fingerprint density at radius 2 is 1.55 bits per heavy atom. The van der Waals surface area contributed by atoms with Crippen molar-refractivity contribution in [1.29, 1.82) is 0 Å². The predicted octanol–water partition coefficient (Wildman–Crippen LogP) is 6.19. The molecule has 9 heteroatoms. The summed E-state index contributed by atoms with van der Waals surface area (Å²) in [6, 6.07) is 16.3. The number of carbonyl (C=O) groups excluding carboxylic acids is 3. The Kier molecular flexibility index (Phi) is 8.37. The van der Waals surface area contributed by atoms with Gasteiger partial charge in [0.2, 0.25) is 5.88 Å². The van der Waals surface area contributed by atoms with Crippen LogP contribution in [0.1, 0.15) is 60.0 Å². The Hall–Kier alpha value is -4.66. The summed E-state index contributed by atoms with van der Waals surface area (Å²) in [6.07, 6.45) is 7.38. The molecule has 0 bridgehead atoms. The summed E-state index contributed by atoms with van der Waals surface area (Å²) in [5, 5.41) is 3.61. The number of fused-ring (bicyclic) bond motifs is 1. The maximum atomic E-state index is 13.2. The van der Waals surface area contributed by atoms with Crippen molar-refractivity contribution in [3.05, 3.63) is 89.5 Å². The minimum atomic E-state index is -0.953. The highest BCUT2D eigenvalue weighted by Crippen LogP contribution is 2.49. The summed E-state index contributed by atoms with van der Waals surface area (Å²) in [5.74, 6) is 0.908. The standard InChI is InChI=1S/C35H34FN3O5/c1-43-30-19-29-27(18-28(30)33(42)37-20-24-4-2-3-5-24)34(39-21-38-29)44-26-12-8-23(9-13-26)17-32(41)35(14-15-35)31(40)16-22-6-10-25(36)11-7-22/h6-13,18-19,21,24H,2-5,14-17,20H2,1H3,(H,37,42). The van der Waals surface area contributed by atoms with E-state index in [2.05, 4.69) is 15.3 Å². The summed E-state index contributed by atoms with van der Waals surface area (Å²) in [4.78, 5) is 48.0. The van der Waals surface area contributed by atoms with E-state index in [1.807, 2.05) is 0 Å². The van der Waals surface area contributed by atoms with Gasteiger partial charge in [0.15, 0.2) is 11.6 Å². The highest BCUT2D eigenvalue weighted by molar-refractivity contribution is 6.11. The van der Waals surface area contributed by atoms with E-state index >= 15 is 0 Å². The van der Waals surface area contributed by atoms with Gasteiger partial charge in [-0.1, -0.05) is 37.1 Å². The molecule has 1 N–H and O–H groups in total. The van der Waals surface area contributed by atoms with Gasteiger partial charge in [0.05, 0.1) is 29.0 Å². The minimum Gasteiger partial charge on any atom is -0.496 e. The van der Waals surface area contributed by atoms with E-state index in [4.69, 9.17) is 9.47 Å². The average Bonchev–Trinajstić information content (AvgIpc) is 3.70. The second kappa shape index (κ2) is 12.5. The van der Waals surface area contributed by atoms with Crippen LogP contribution in [0.2, 0.25) is 0 Å². The predicted molar refractivity (Wildman–Crippen MR) is 162 cm³/mol. The van der Waals surface area contributed by atoms with Gasteiger partial charge in [-0.2, -0.15) is 0 Å². The lowest BCUT2D eigenvalue weighted by molar-refractivity contribution is -0.133. The van der Waals surface area contributed by atoms with Gasteiger partial charge in [-0.05, 0) is 73.1 Å². The van der Waals surface area contributed by atoms with Crippen molar-refractivity contribution in [2.24, 2.45) is 11.3 Å². The summed E-state index contributed by atoms with van der Waals surface area (Å²) in [6.45, 7) is 0.632. The van der Waals surface area contributed by atoms with Gasteiger partial charge in [0.1, 0.15) is 23.6 Å². The maximum absolute atomic E-state index is 13.2. The highest BCUT2D eigenvalue weighted by atomic mass is 19.1. The van der Waals surface area contributed by atoms with Gasteiger partial charge >= 0.3 is 0 Å². The van der Waals surface area contributed by atoms with Crippen molar-refractivity contribution in [2.75, 3.05) is 13.7 Å². The van der Waals surface area contributed by atoms with E-state index < -0.39 is 5.41 Å². The first-order chi connectivity index (χ1) is 21.3. The molecule has 2 aliphatic carbocycles. The van der Waals surface area contributed by atoms with Crippen molar-refractivity contribution in [3.63, 3.8) is 0 Å². The number of methoxy groups -OCH3 is 1. The van der Waals surface area contributed by atoms with Crippen LogP contribution < -0.4 is 14.8 Å². The van der Waals surface area contributed by atoms with Crippen LogP contribution in [-0.2, 0) is 22.4 Å². The molecule has 0 aliphatic heterocycles. The van der Waals surface area contributed by atoms with Crippen LogP contribution in [0.3, 0.4) is 0 Å². The average molecular weight is 596 g/mol. The second-order valence-corrected chi connectivity index (χ2v) is 11.8. The zero-order chi connectivity index (χ0) is 30.7. The fourth-order valence-corrected chi connectivity index (χ4v) is 5.97. The number of benzene rings is 3. The van der Waals surface area contributed by atoms with Crippen LogP contribution >= 0.6 is 0 Å². The summed E-state index contributed by atoms with van der Waals surface area (Å²) in [7, 11) is 1.52. The summed E-state index contributed by atoms with van der Waals surface area (Å²) >= 11 is 0. The van der Waals surface area contributed by atoms with Crippen LogP contribution in [0, 0.1) is 17.2 Å². The number of Topliss-reactive ketones (excluding diaryl/α,β-unsaturated/α-hetero) is 2. The number of hydrogen-bond donors (Lipinski definition) is 1. The van der Waals surface area contributed by atoms with E-state index in [1.165, 1.54) is 38.4 Å². The molecule has 2 fully saturated rings. The van der Waals surface area contributed by atoms with Crippen LogP contribution in [0.4, 0.5) is 4.39 Å². The molecule has 0 radical (unpaired) electrons. The molecule has 3 aromatic carbocycles. The molecule has 0 spiro atoms. The zero-order valence-electron chi connectivity index (χ0n) is 24.6. The van der Waals surface area contributed by atoms with Crippen LogP contribution in [0.15, 0.2) is 67.0 Å². The molecule has 0 saturated heterocycles. The molecule has 44 heavy (non-hydrogen) atoms. The van der Waals surface area contributed by atoms with E-state index in [1.54, 1.807) is 48.5 Å². The lowest BCUT2D eigenvalue weighted by Crippen LogP contribution is -2.28. The molecular formula is C35H34FN3O5. The Morgan fingerprint density at radius 1 is 0.909 bits per heavy atom. The quantitative estimate of drug-likeness (QED) is 0.195. The largest absolute Gasteiger partial charge is 0.496 e. The number of ether oxygens (including phenoxy) is 2. The summed E-state index contributed by atoms with van der Waals surface area (Å²) in [5.41, 5.74) is 1.47. The van der Waals surface area contributed by atoms with Crippen molar-refractivity contribution in [2.45, 2.75) is 51.4 Å². The molecule has 1 heterocycles. The molecule has 0 unspecified atom stereocenters. The third kappa shape index (κ3) is 6.32. The van der Waals surface area contributed by atoms with Crippen LogP contribution in [0.25, 0.3) is 10.9 Å². The van der Waals surface area contributed by atoms with Gasteiger partial charge in [-0.15, -0.1) is 0 Å². The molecule has 1 aromatic heterocycles. The van der Waals surface area contributed by atoms with Crippen molar-refractivity contribution < 1.29 is 28.2 Å². The fourth-order valence-electron chi connectivity index (χ4n) is 5.97. The first-order valence-corrected chi connectivity index (χ1v) is 15.0. The third-order valence-electron chi connectivity index (χ3n) is 8.79. The van der Waals surface area contributed by atoms with Gasteiger partial charge in [-0.25, -0.2) is 14.4 Å². The molecule has 226 valence electrons. The molecular weight excluding hydrogens is 561 g/mol. The number of carbonyl (C=O) groups is 3. The van der Waals surface area contributed by atoms with Crippen molar-refractivity contribution in [3.8, 4) is 17.4 Å². The second-order valence-electron chi connectivity index (χ2n) is 11.8. The normalized spacial score (nSPS) is 15.6. The Balaban J connectivity index is 1.13. The van der Waals surface area contributed by atoms with E-state index in [0.717, 1.165) is 18.4 Å². The SMILES string of the molecule is COc1cc2ncnc(Oc3ccc(CC(=O)C4(C(=O)Cc5ccc(F)cc5)CC4)cc3)c2cc1C(=O)NCC1CCCC1. The van der Waals surface area contributed by atoms with Gasteiger partial charge < -0.3 is 14.8 Å². The number of aromatic nitrogens is 2.